The molecule has 3 rings (SSSR count). The van der Waals surface area contributed by atoms with Crippen LogP contribution in [0.25, 0.3) is 0 Å². The number of hydrogen-bond acceptors (Lipinski definition) is 3. The van der Waals surface area contributed by atoms with Crippen molar-refractivity contribution in [2.45, 2.75) is 13.0 Å². The molecule has 2 atom stereocenters. The van der Waals surface area contributed by atoms with Crippen LogP contribution in [0.3, 0.4) is 0 Å². The SMILES string of the molecule is O=C1NCC(C2CCOC2)C(=O)N1Cc1cccc(Cl)c1F. The zero-order valence-corrected chi connectivity index (χ0v) is 12.6. The summed E-state index contributed by atoms with van der Waals surface area (Å²) in [6.45, 7) is 1.33. The van der Waals surface area contributed by atoms with E-state index in [9.17, 15) is 14.0 Å². The number of nitrogens with one attached hydrogen (secondary N) is 1. The Morgan fingerprint density at radius 1 is 1.41 bits per heavy atom. The molecular formula is C15H16ClFN2O3. The Kier molecular flexibility index (Phi) is 4.31. The minimum atomic E-state index is -0.601. The van der Waals surface area contributed by atoms with Gasteiger partial charge in [-0.15, -0.1) is 0 Å². The van der Waals surface area contributed by atoms with Crippen molar-refractivity contribution in [1.82, 2.24) is 10.2 Å². The Bertz CT molecular complexity index is 604. The van der Waals surface area contributed by atoms with Crippen LogP contribution in [0.15, 0.2) is 18.2 Å². The van der Waals surface area contributed by atoms with Gasteiger partial charge in [-0.25, -0.2) is 9.18 Å². The van der Waals surface area contributed by atoms with Gasteiger partial charge in [0.15, 0.2) is 0 Å². The van der Waals surface area contributed by atoms with E-state index in [2.05, 4.69) is 5.32 Å². The van der Waals surface area contributed by atoms with E-state index in [1.54, 1.807) is 6.07 Å². The molecular weight excluding hydrogens is 311 g/mol. The number of hydrogen-bond donors (Lipinski definition) is 1. The van der Waals surface area contributed by atoms with Gasteiger partial charge in [0.1, 0.15) is 5.82 Å². The Morgan fingerprint density at radius 3 is 2.95 bits per heavy atom. The number of rotatable bonds is 3. The molecule has 0 bridgehead atoms. The summed E-state index contributed by atoms with van der Waals surface area (Å²) in [4.78, 5) is 25.6. The third-order valence-corrected chi connectivity index (χ3v) is 4.49. The molecule has 22 heavy (non-hydrogen) atoms. The second kappa shape index (κ2) is 6.22. The van der Waals surface area contributed by atoms with E-state index in [0.29, 0.717) is 19.8 Å². The fourth-order valence-corrected chi connectivity index (χ4v) is 3.10. The first-order valence-corrected chi connectivity index (χ1v) is 7.55. The van der Waals surface area contributed by atoms with Gasteiger partial charge in [0.05, 0.1) is 24.1 Å². The second-order valence-corrected chi connectivity index (χ2v) is 5.96. The number of imide groups is 1. The molecule has 2 aliphatic rings. The second-order valence-electron chi connectivity index (χ2n) is 5.55. The molecule has 0 aliphatic carbocycles. The maximum atomic E-state index is 14.0. The normalized spacial score (nSPS) is 25.5. The summed E-state index contributed by atoms with van der Waals surface area (Å²) in [5.74, 6) is -1.10. The van der Waals surface area contributed by atoms with Gasteiger partial charge in [0.25, 0.3) is 0 Å². The summed E-state index contributed by atoms with van der Waals surface area (Å²) in [7, 11) is 0. The third kappa shape index (κ3) is 2.80. The van der Waals surface area contributed by atoms with E-state index in [0.717, 1.165) is 11.3 Å². The van der Waals surface area contributed by atoms with Gasteiger partial charge >= 0.3 is 6.03 Å². The lowest BCUT2D eigenvalue weighted by molar-refractivity contribution is -0.136. The minimum absolute atomic E-state index is 0.0249. The number of ether oxygens (including phenoxy) is 1. The molecule has 2 saturated heterocycles. The highest BCUT2D eigenvalue weighted by Crippen LogP contribution is 2.27. The first kappa shape index (κ1) is 15.2. The number of nitrogens with zero attached hydrogens (tertiary/aromatic N) is 1. The van der Waals surface area contributed by atoms with Crippen LogP contribution >= 0.6 is 11.6 Å². The Hall–Kier alpha value is -1.66. The summed E-state index contributed by atoms with van der Waals surface area (Å²) in [6.07, 6.45) is 0.797. The third-order valence-electron chi connectivity index (χ3n) is 4.20. The molecule has 2 unspecified atom stereocenters. The molecule has 0 spiro atoms. The Morgan fingerprint density at radius 2 is 2.23 bits per heavy atom. The van der Waals surface area contributed by atoms with E-state index < -0.39 is 11.8 Å². The summed E-state index contributed by atoms with van der Waals surface area (Å²) in [6, 6.07) is 4.04. The van der Waals surface area contributed by atoms with Crippen molar-refractivity contribution >= 4 is 23.5 Å². The molecule has 1 aromatic rings. The van der Waals surface area contributed by atoms with Crippen molar-refractivity contribution < 1.29 is 18.7 Å². The van der Waals surface area contributed by atoms with Crippen molar-refractivity contribution in [2.75, 3.05) is 19.8 Å². The van der Waals surface area contributed by atoms with E-state index in [-0.39, 0.29) is 34.9 Å². The van der Waals surface area contributed by atoms with Crippen molar-refractivity contribution in [3.05, 3.63) is 34.6 Å². The number of urea groups is 1. The lowest BCUT2D eigenvalue weighted by Gasteiger charge is -2.33. The standard InChI is InChI=1S/C15H16ClFN2O3/c16-12-3-1-2-9(13(12)17)7-19-14(20)11(6-18-15(19)21)10-4-5-22-8-10/h1-3,10-11H,4-8H2,(H,18,21). The van der Waals surface area contributed by atoms with Crippen molar-refractivity contribution in [1.29, 1.82) is 0 Å². The van der Waals surface area contributed by atoms with Crippen LogP contribution in [0.4, 0.5) is 9.18 Å². The van der Waals surface area contributed by atoms with Gasteiger partial charge in [-0.2, -0.15) is 0 Å². The van der Waals surface area contributed by atoms with E-state index in [4.69, 9.17) is 16.3 Å². The predicted molar refractivity (Wildman–Crippen MR) is 77.8 cm³/mol. The van der Waals surface area contributed by atoms with Gasteiger partial charge < -0.3 is 10.1 Å². The predicted octanol–water partition coefficient (Wildman–Crippen LogP) is 2.18. The van der Waals surface area contributed by atoms with Gasteiger partial charge in [-0.05, 0) is 18.4 Å². The maximum Gasteiger partial charge on any atom is 0.324 e. The zero-order chi connectivity index (χ0) is 15.7. The average Bonchev–Trinajstić information content (AvgIpc) is 3.02. The minimum Gasteiger partial charge on any atom is -0.381 e. The van der Waals surface area contributed by atoms with Gasteiger partial charge in [0.2, 0.25) is 5.91 Å². The van der Waals surface area contributed by atoms with Gasteiger partial charge in [0, 0.05) is 18.7 Å². The molecule has 118 valence electrons. The molecule has 3 amide bonds. The Labute approximate surface area is 132 Å². The maximum absolute atomic E-state index is 14.0. The Balaban J connectivity index is 1.80. The molecule has 2 fully saturated rings. The number of carbonyl (C=O) groups is 2. The van der Waals surface area contributed by atoms with Crippen LogP contribution < -0.4 is 5.32 Å². The summed E-state index contributed by atoms with van der Waals surface area (Å²) in [5, 5.41) is 2.67. The molecule has 0 aromatic heterocycles. The molecule has 5 nitrogen and oxygen atoms in total. The summed E-state index contributed by atoms with van der Waals surface area (Å²) < 4.78 is 19.3. The van der Waals surface area contributed by atoms with E-state index in [1.165, 1.54) is 12.1 Å². The summed E-state index contributed by atoms with van der Waals surface area (Å²) in [5.41, 5.74) is 0.222. The van der Waals surface area contributed by atoms with Gasteiger partial charge in [-0.1, -0.05) is 23.7 Å². The van der Waals surface area contributed by atoms with Crippen LogP contribution in [-0.2, 0) is 16.1 Å². The first-order chi connectivity index (χ1) is 10.6. The van der Waals surface area contributed by atoms with Crippen LogP contribution in [0, 0.1) is 17.7 Å². The molecule has 1 N–H and O–H groups in total. The lowest BCUT2D eigenvalue weighted by Crippen LogP contribution is -2.56. The number of benzene rings is 1. The van der Waals surface area contributed by atoms with Crippen molar-refractivity contribution in [3.8, 4) is 0 Å². The van der Waals surface area contributed by atoms with Crippen molar-refractivity contribution in [3.63, 3.8) is 0 Å². The monoisotopic (exact) mass is 326 g/mol. The average molecular weight is 327 g/mol. The molecule has 0 saturated carbocycles. The van der Waals surface area contributed by atoms with Crippen molar-refractivity contribution in [2.24, 2.45) is 11.8 Å². The highest BCUT2D eigenvalue weighted by Gasteiger charge is 2.40. The smallest absolute Gasteiger partial charge is 0.324 e. The topological polar surface area (TPSA) is 58.6 Å². The first-order valence-electron chi connectivity index (χ1n) is 7.17. The highest BCUT2D eigenvalue weighted by molar-refractivity contribution is 6.30. The van der Waals surface area contributed by atoms with E-state index in [1.807, 2.05) is 0 Å². The fourth-order valence-electron chi connectivity index (χ4n) is 2.91. The highest BCUT2D eigenvalue weighted by atomic mass is 35.5. The van der Waals surface area contributed by atoms with Crippen LogP contribution in [-0.4, -0.2) is 36.6 Å². The molecule has 7 heteroatoms. The lowest BCUT2D eigenvalue weighted by atomic mass is 9.89. The molecule has 1 aromatic carbocycles. The van der Waals surface area contributed by atoms with Crippen LogP contribution in [0.1, 0.15) is 12.0 Å². The summed E-state index contributed by atoms with van der Waals surface area (Å²) >= 11 is 5.74. The fraction of sp³-hybridized carbons (Fsp3) is 0.467. The largest absolute Gasteiger partial charge is 0.381 e. The number of halogens is 2. The molecule has 2 aliphatic heterocycles. The number of amides is 3. The zero-order valence-electron chi connectivity index (χ0n) is 11.9. The van der Waals surface area contributed by atoms with E-state index >= 15 is 0 Å². The van der Waals surface area contributed by atoms with Crippen LogP contribution in [0.5, 0.6) is 0 Å². The molecule has 0 radical (unpaired) electrons. The quantitative estimate of drug-likeness (QED) is 0.926. The van der Waals surface area contributed by atoms with Crippen LogP contribution in [0.2, 0.25) is 5.02 Å². The molecule has 2 heterocycles. The number of carbonyl (C=O) groups excluding carboxylic acids is 2. The van der Waals surface area contributed by atoms with Gasteiger partial charge in [-0.3, -0.25) is 9.69 Å².